The maximum absolute atomic E-state index is 12.2. The molecule has 0 aromatic carbocycles. The highest BCUT2D eigenvalue weighted by molar-refractivity contribution is 7.86. The van der Waals surface area contributed by atoms with Crippen molar-refractivity contribution in [2.45, 2.75) is 39.2 Å². The minimum atomic E-state index is -3.89. The second-order valence-electron chi connectivity index (χ2n) is 6.71. The number of carboxylic acid groups (broad SMARTS) is 1. The van der Waals surface area contributed by atoms with E-state index in [1.807, 2.05) is 0 Å². The molecule has 0 fully saturated rings. The molecule has 1 atom stereocenters. The molecule has 8 nitrogen and oxygen atoms in total. The maximum atomic E-state index is 12.2. The molecule has 1 aromatic rings. The first kappa shape index (κ1) is 23.3. The second kappa shape index (κ2) is 9.48. The third kappa shape index (κ3) is 6.44. The van der Waals surface area contributed by atoms with Crippen molar-refractivity contribution in [3.05, 3.63) is 30.1 Å². The number of hydrogen-bond donors (Lipinski definition) is 1. The van der Waals surface area contributed by atoms with E-state index in [0.29, 0.717) is 5.56 Å². The number of rotatable bonds is 11. The van der Waals surface area contributed by atoms with Gasteiger partial charge < -0.3 is 9.84 Å². The van der Waals surface area contributed by atoms with Gasteiger partial charge >= 0.3 is 11.9 Å². The molecular formula is C17H24ClNO7S. The minimum absolute atomic E-state index is 0.152. The summed E-state index contributed by atoms with van der Waals surface area (Å²) in [4.78, 5) is 27.8. The highest BCUT2D eigenvalue weighted by atomic mass is 35.5. The molecule has 0 spiro atoms. The largest absolute Gasteiger partial charge is 0.478 e. The molecule has 0 amide bonds. The van der Waals surface area contributed by atoms with E-state index in [1.54, 1.807) is 12.1 Å². The highest BCUT2D eigenvalue weighted by Gasteiger charge is 2.55. The van der Waals surface area contributed by atoms with Crippen LogP contribution in [0.1, 0.15) is 32.8 Å². The Morgan fingerprint density at radius 1 is 1.33 bits per heavy atom. The average molecular weight is 422 g/mol. The van der Waals surface area contributed by atoms with Gasteiger partial charge in [-0.2, -0.15) is 8.42 Å². The number of carbonyl (C=O) groups excluding carboxylic acids is 1. The molecule has 0 saturated carbocycles. The fourth-order valence-corrected chi connectivity index (χ4v) is 3.88. The van der Waals surface area contributed by atoms with Gasteiger partial charge in [-0.15, -0.1) is 11.6 Å². The lowest BCUT2D eigenvalue weighted by atomic mass is 9.72. The minimum Gasteiger partial charge on any atom is -0.478 e. The quantitative estimate of drug-likeness (QED) is 0.327. The summed E-state index contributed by atoms with van der Waals surface area (Å²) >= 11 is 5.50. The molecule has 152 valence electrons. The standard InChI is InChI=1S/C17H24ClNO7S/c1-13(20)26-17(15(21)22,10-14-6-4-8-19-11-14)16(2,3)12-25-27(23,24)9-5-7-18/h4,6,8,11H,5,7,9-10,12H2,1-3H3,(H,21,22)/t17-/m0/s1. The van der Waals surface area contributed by atoms with Gasteiger partial charge in [0, 0.05) is 37.0 Å². The smallest absolute Gasteiger partial charge is 0.349 e. The van der Waals surface area contributed by atoms with Crippen LogP contribution >= 0.6 is 11.6 Å². The Labute approximate surface area is 164 Å². The summed E-state index contributed by atoms with van der Waals surface area (Å²) < 4.78 is 34.2. The summed E-state index contributed by atoms with van der Waals surface area (Å²) in [6.07, 6.45) is 2.98. The molecule has 1 aromatic heterocycles. The topological polar surface area (TPSA) is 120 Å². The van der Waals surface area contributed by atoms with Crippen molar-refractivity contribution < 1.29 is 32.0 Å². The summed E-state index contributed by atoms with van der Waals surface area (Å²) in [6.45, 7) is 3.54. The zero-order valence-electron chi connectivity index (χ0n) is 15.5. The lowest BCUT2D eigenvalue weighted by Gasteiger charge is -2.42. The van der Waals surface area contributed by atoms with Gasteiger partial charge in [-0.25, -0.2) is 4.79 Å². The van der Waals surface area contributed by atoms with Crippen LogP contribution in [0.2, 0.25) is 0 Å². The maximum Gasteiger partial charge on any atom is 0.349 e. The molecule has 0 unspecified atom stereocenters. The Morgan fingerprint density at radius 2 is 2.00 bits per heavy atom. The van der Waals surface area contributed by atoms with Gasteiger partial charge in [-0.05, 0) is 18.1 Å². The van der Waals surface area contributed by atoms with E-state index >= 15 is 0 Å². The number of pyridine rings is 1. The van der Waals surface area contributed by atoms with Crippen molar-refractivity contribution in [1.82, 2.24) is 4.98 Å². The zero-order chi connectivity index (χ0) is 20.7. The zero-order valence-corrected chi connectivity index (χ0v) is 17.0. The van der Waals surface area contributed by atoms with Crippen LogP contribution in [-0.2, 0) is 35.0 Å². The number of esters is 1. The molecule has 0 radical (unpaired) electrons. The van der Waals surface area contributed by atoms with Crippen molar-refractivity contribution in [2.75, 3.05) is 18.2 Å². The van der Waals surface area contributed by atoms with Gasteiger partial charge in [0.15, 0.2) is 0 Å². The summed E-state index contributed by atoms with van der Waals surface area (Å²) in [5, 5.41) is 9.92. The average Bonchev–Trinajstić information content (AvgIpc) is 2.58. The Bertz CT molecular complexity index is 752. The molecule has 0 bridgehead atoms. The highest BCUT2D eigenvalue weighted by Crippen LogP contribution is 2.38. The number of aliphatic carboxylic acids is 1. The molecular weight excluding hydrogens is 398 g/mol. The number of aromatic nitrogens is 1. The monoisotopic (exact) mass is 421 g/mol. The van der Waals surface area contributed by atoms with E-state index in [1.165, 1.54) is 26.2 Å². The summed E-state index contributed by atoms with van der Waals surface area (Å²) in [7, 11) is -3.89. The Balaban J connectivity index is 3.22. The van der Waals surface area contributed by atoms with Crippen LogP contribution in [0.25, 0.3) is 0 Å². The summed E-state index contributed by atoms with van der Waals surface area (Å²) in [6, 6.07) is 3.26. The van der Waals surface area contributed by atoms with Crippen molar-refractivity contribution in [1.29, 1.82) is 0 Å². The van der Waals surface area contributed by atoms with E-state index in [9.17, 15) is 23.1 Å². The number of ether oxygens (including phenoxy) is 1. The van der Waals surface area contributed by atoms with Crippen molar-refractivity contribution in [2.24, 2.45) is 5.41 Å². The van der Waals surface area contributed by atoms with Crippen LogP contribution in [0.5, 0.6) is 0 Å². The van der Waals surface area contributed by atoms with Gasteiger partial charge in [0.1, 0.15) is 0 Å². The first-order valence-corrected chi connectivity index (χ1v) is 10.3. The first-order valence-electron chi connectivity index (χ1n) is 8.21. The number of hydrogen-bond acceptors (Lipinski definition) is 7. The molecule has 0 saturated heterocycles. The van der Waals surface area contributed by atoms with Crippen LogP contribution in [0.3, 0.4) is 0 Å². The number of nitrogens with zero attached hydrogens (tertiary/aromatic N) is 1. The fourth-order valence-electron chi connectivity index (χ4n) is 2.50. The van der Waals surface area contributed by atoms with Gasteiger partial charge in [-0.1, -0.05) is 19.9 Å². The van der Waals surface area contributed by atoms with E-state index < -0.39 is 39.7 Å². The van der Waals surface area contributed by atoms with Crippen molar-refractivity contribution in [3.63, 3.8) is 0 Å². The van der Waals surface area contributed by atoms with Gasteiger partial charge in [-0.3, -0.25) is 14.0 Å². The SMILES string of the molecule is CC(=O)O[C@@](Cc1cccnc1)(C(=O)O)C(C)(C)COS(=O)(=O)CCCCl. The van der Waals surface area contributed by atoms with Crippen LogP contribution in [0.4, 0.5) is 0 Å². The second-order valence-corrected chi connectivity index (χ2v) is 8.85. The van der Waals surface area contributed by atoms with Crippen LogP contribution in [0, 0.1) is 5.41 Å². The fraction of sp³-hybridized carbons (Fsp3) is 0.588. The lowest BCUT2D eigenvalue weighted by Crippen LogP contribution is -2.58. The molecule has 1 N–H and O–H groups in total. The third-order valence-corrected chi connectivity index (χ3v) is 5.59. The lowest BCUT2D eigenvalue weighted by molar-refractivity contribution is -0.195. The number of carboxylic acids is 1. The summed E-state index contributed by atoms with van der Waals surface area (Å²) in [5.41, 5.74) is -2.92. The van der Waals surface area contributed by atoms with Crippen LogP contribution < -0.4 is 0 Å². The third-order valence-electron chi connectivity index (χ3n) is 4.06. The van der Waals surface area contributed by atoms with Crippen LogP contribution in [-0.4, -0.2) is 54.3 Å². The van der Waals surface area contributed by atoms with Gasteiger partial charge in [0.25, 0.3) is 10.1 Å². The Kier molecular flexibility index (Phi) is 8.19. The van der Waals surface area contributed by atoms with E-state index in [-0.39, 0.29) is 24.5 Å². The van der Waals surface area contributed by atoms with Gasteiger partial charge in [0.05, 0.1) is 12.4 Å². The predicted molar refractivity (Wildman–Crippen MR) is 98.9 cm³/mol. The number of carbonyl (C=O) groups is 2. The van der Waals surface area contributed by atoms with Crippen molar-refractivity contribution in [3.8, 4) is 0 Å². The molecule has 0 aliphatic heterocycles. The van der Waals surface area contributed by atoms with E-state index in [0.717, 1.165) is 6.92 Å². The Hall–Kier alpha value is -1.71. The number of halogens is 1. The molecule has 1 rings (SSSR count). The normalized spacial score (nSPS) is 14.4. The van der Waals surface area contributed by atoms with E-state index in [4.69, 9.17) is 20.5 Å². The van der Waals surface area contributed by atoms with Crippen LogP contribution in [0.15, 0.2) is 24.5 Å². The van der Waals surface area contributed by atoms with Gasteiger partial charge in [0.2, 0.25) is 5.60 Å². The predicted octanol–water partition coefficient (Wildman–Crippen LogP) is 2.01. The molecule has 10 heteroatoms. The Morgan fingerprint density at radius 3 is 2.48 bits per heavy atom. The first-order chi connectivity index (χ1) is 12.5. The molecule has 1 heterocycles. The summed E-state index contributed by atoms with van der Waals surface area (Å²) in [5.74, 6) is -2.35. The molecule has 0 aliphatic rings. The molecule has 0 aliphatic carbocycles. The molecule has 27 heavy (non-hydrogen) atoms. The van der Waals surface area contributed by atoms with Crippen molar-refractivity contribution >= 4 is 33.7 Å². The van der Waals surface area contributed by atoms with E-state index in [2.05, 4.69) is 4.98 Å². The number of alkyl halides is 1.